The molecule has 0 N–H and O–H groups in total. The third kappa shape index (κ3) is 2.19. The fraction of sp³-hybridized carbons (Fsp3) is 0.250. The molecule has 0 saturated carbocycles. The van der Waals surface area contributed by atoms with Crippen molar-refractivity contribution in [2.75, 3.05) is 0 Å². The standard InChI is InChI=1S/C16H15N3O/c1-12-9-15(13-5-3-2-4-6-13)19(18-12)16(10-17)14-7-8-20-11-14/h2-8,11,15-16H,9H2,1H3/t15-,16+/m1/s1. The lowest BCUT2D eigenvalue weighted by Gasteiger charge is -2.27. The van der Waals surface area contributed by atoms with Crippen molar-refractivity contribution in [2.24, 2.45) is 5.10 Å². The molecule has 20 heavy (non-hydrogen) atoms. The highest BCUT2D eigenvalue weighted by Gasteiger charge is 2.33. The van der Waals surface area contributed by atoms with E-state index in [0.29, 0.717) is 0 Å². The van der Waals surface area contributed by atoms with Gasteiger partial charge in [0.2, 0.25) is 0 Å². The van der Waals surface area contributed by atoms with Crippen molar-refractivity contribution in [2.45, 2.75) is 25.4 Å². The lowest BCUT2D eigenvalue weighted by atomic mass is 10.0. The Morgan fingerprint density at radius 1 is 1.35 bits per heavy atom. The van der Waals surface area contributed by atoms with Crippen LogP contribution in [0.1, 0.15) is 36.6 Å². The molecule has 2 aromatic rings. The fourth-order valence-corrected chi connectivity index (χ4v) is 2.58. The van der Waals surface area contributed by atoms with Crippen LogP contribution in [-0.2, 0) is 0 Å². The van der Waals surface area contributed by atoms with Gasteiger partial charge in [-0.2, -0.15) is 10.4 Å². The average Bonchev–Trinajstić information content (AvgIpc) is 3.11. The van der Waals surface area contributed by atoms with Gasteiger partial charge in [-0.15, -0.1) is 0 Å². The van der Waals surface area contributed by atoms with Gasteiger partial charge >= 0.3 is 0 Å². The molecule has 0 amide bonds. The highest BCUT2D eigenvalue weighted by molar-refractivity contribution is 5.84. The molecule has 3 rings (SSSR count). The highest BCUT2D eigenvalue weighted by Crippen LogP contribution is 2.37. The third-order valence-electron chi connectivity index (χ3n) is 3.52. The van der Waals surface area contributed by atoms with E-state index in [1.807, 2.05) is 36.2 Å². The quantitative estimate of drug-likeness (QED) is 0.850. The van der Waals surface area contributed by atoms with Gasteiger partial charge in [0.05, 0.1) is 24.6 Å². The molecule has 100 valence electrons. The Morgan fingerprint density at radius 2 is 2.15 bits per heavy atom. The Bertz CT molecular complexity index is 640. The van der Waals surface area contributed by atoms with Gasteiger partial charge in [-0.05, 0) is 18.6 Å². The zero-order valence-electron chi connectivity index (χ0n) is 11.2. The summed E-state index contributed by atoms with van der Waals surface area (Å²) in [6.45, 7) is 2.00. The van der Waals surface area contributed by atoms with Crippen molar-refractivity contribution in [3.63, 3.8) is 0 Å². The summed E-state index contributed by atoms with van der Waals surface area (Å²) in [5.41, 5.74) is 3.06. The van der Waals surface area contributed by atoms with Gasteiger partial charge in [0.1, 0.15) is 0 Å². The number of hydrogen-bond acceptors (Lipinski definition) is 4. The number of hydrogen-bond donors (Lipinski definition) is 0. The average molecular weight is 265 g/mol. The van der Waals surface area contributed by atoms with Gasteiger partial charge in [-0.3, -0.25) is 5.01 Å². The minimum Gasteiger partial charge on any atom is -0.472 e. The lowest BCUT2D eigenvalue weighted by Crippen LogP contribution is -2.23. The SMILES string of the molecule is CC1=NN([C@@H](C#N)c2ccoc2)[C@@H](c2ccccc2)C1. The zero-order valence-corrected chi connectivity index (χ0v) is 11.2. The highest BCUT2D eigenvalue weighted by atomic mass is 16.3. The first-order chi connectivity index (χ1) is 9.79. The van der Waals surface area contributed by atoms with Gasteiger partial charge in [0.15, 0.2) is 6.04 Å². The van der Waals surface area contributed by atoms with Crippen molar-refractivity contribution < 1.29 is 4.42 Å². The van der Waals surface area contributed by atoms with E-state index in [1.54, 1.807) is 12.5 Å². The summed E-state index contributed by atoms with van der Waals surface area (Å²) < 4.78 is 5.10. The second-order valence-electron chi connectivity index (χ2n) is 4.93. The smallest absolute Gasteiger partial charge is 0.162 e. The van der Waals surface area contributed by atoms with E-state index in [-0.39, 0.29) is 6.04 Å². The van der Waals surface area contributed by atoms with E-state index in [4.69, 9.17) is 4.42 Å². The molecular formula is C16H15N3O. The molecule has 0 saturated heterocycles. The Morgan fingerprint density at radius 3 is 2.80 bits per heavy atom. The summed E-state index contributed by atoms with van der Waals surface area (Å²) in [6.07, 6.45) is 4.04. The van der Waals surface area contributed by atoms with Crippen LogP contribution in [0.15, 0.2) is 58.4 Å². The van der Waals surface area contributed by atoms with E-state index >= 15 is 0 Å². The minimum atomic E-state index is -0.420. The summed E-state index contributed by atoms with van der Waals surface area (Å²) in [5.74, 6) is 0. The minimum absolute atomic E-state index is 0.107. The number of furan rings is 1. The molecule has 1 aromatic carbocycles. The summed E-state index contributed by atoms with van der Waals surface area (Å²) in [6, 6.07) is 14.0. The van der Waals surface area contributed by atoms with Crippen LogP contribution in [-0.4, -0.2) is 10.7 Å². The summed E-state index contributed by atoms with van der Waals surface area (Å²) >= 11 is 0. The van der Waals surface area contributed by atoms with Crippen molar-refractivity contribution in [3.05, 3.63) is 60.1 Å². The number of nitriles is 1. The van der Waals surface area contributed by atoms with Crippen LogP contribution in [0.5, 0.6) is 0 Å². The van der Waals surface area contributed by atoms with Crippen molar-refractivity contribution in [1.29, 1.82) is 5.26 Å². The van der Waals surface area contributed by atoms with Crippen molar-refractivity contribution >= 4 is 5.71 Å². The molecule has 1 aromatic heterocycles. The first-order valence-electron chi connectivity index (χ1n) is 6.58. The molecule has 1 aliphatic heterocycles. The van der Waals surface area contributed by atoms with Crippen LogP contribution in [0.2, 0.25) is 0 Å². The Hall–Kier alpha value is -2.54. The maximum atomic E-state index is 9.51. The molecule has 4 heteroatoms. The first-order valence-corrected chi connectivity index (χ1v) is 6.58. The number of rotatable bonds is 3. The fourth-order valence-electron chi connectivity index (χ4n) is 2.58. The van der Waals surface area contributed by atoms with Crippen LogP contribution >= 0.6 is 0 Å². The number of hydrazone groups is 1. The molecule has 0 aliphatic carbocycles. The maximum absolute atomic E-state index is 9.51. The van der Waals surface area contributed by atoms with E-state index < -0.39 is 6.04 Å². The summed E-state index contributed by atoms with van der Waals surface area (Å²) in [7, 11) is 0. The van der Waals surface area contributed by atoms with Crippen LogP contribution in [0.25, 0.3) is 0 Å². The zero-order chi connectivity index (χ0) is 13.9. The largest absolute Gasteiger partial charge is 0.472 e. The first kappa shape index (κ1) is 12.5. The second-order valence-corrected chi connectivity index (χ2v) is 4.93. The van der Waals surface area contributed by atoms with Gasteiger partial charge in [-0.1, -0.05) is 30.3 Å². The summed E-state index contributed by atoms with van der Waals surface area (Å²) in [4.78, 5) is 0. The molecule has 1 aliphatic rings. The van der Waals surface area contributed by atoms with Crippen molar-refractivity contribution in [3.8, 4) is 6.07 Å². The van der Waals surface area contributed by atoms with Crippen molar-refractivity contribution in [1.82, 2.24) is 5.01 Å². The molecule has 0 radical (unpaired) electrons. The van der Waals surface area contributed by atoms with Gasteiger partial charge in [0, 0.05) is 17.7 Å². The van der Waals surface area contributed by atoms with Gasteiger partial charge in [0.25, 0.3) is 0 Å². The van der Waals surface area contributed by atoms with Gasteiger partial charge in [-0.25, -0.2) is 0 Å². The normalized spacial score (nSPS) is 19.5. The molecule has 0 spiro atoms. The Balaban J connectivity index is 1.95. The lowest BCUT2D eigenvalue weighted by molar-refractivity contribution is 0.196. The number of benzene rings is 1. The molecule has 2 heterocycles. The topological polar surface area (TPSA) is 52.5 Å². The molecular weight excluding hydrogens is 250 g/mol. The van der Waals surface area contributed by atoms with Crippen LogP contribution in [0, 0.1) is 11.3 Å². The maximum Gasteiger partial charge on any atom is 0.162 e. The third-order valence-corrected chi connectivity index (χ3v) is 3.52. The van der Waals surface area contributed by atoms with E-state index in [9.17, 15) is 5.26 Å². The molecule has 0 bridgehead atoms. The molecule has 4 nitrogen and oxygen atoms in total. The Kier molecular flexibility index (Phi) is 3.26. The van der Waals surface area contributed by atoms with E-state index in [2.05, 4.69) is 23.3 Å². The predicted molar refractivity (Wildman–Crippen MR) is 75.8 cm³/mol. The monoisotopic (exact) mass is 265 g/mol. The van der Waals surface area contributed by atoms with Crippen LogP contribution < -0.4 is 0 Å². The summed E-state index contributed by atoms with van der Waals surface area (Å²) in [5, 5.41) is 16.0. The second kappa shape index (κ2) is 5.22. The predicted octanol–water partition coefficient (Wildman–Crippen LogP) is 3.67. The van der Waals surface area contributed by atoms with E-state index in [0.717, 1.165) is 17.7 Å². The number of nitrogens with zero attached hydrogens (tertiary/aromatic N) is 3. The molecule has 0 fully saturated rings. The van der Waals surface area contributed by atoms with Crippen LogP contribution in [0.4, 0.5) is 0 Å². The Labute approximate surface area is 117 Å². The van der Waals surface area contributed by atoms with Gasteiger partial charge < -0.3 is 4.42 Å². The van der Waals surface area contributed by atoms with E-state index in [1.165, 1.54) is 5.56 Å². The molecule has 0 unspecified atom stereocenters. The molecule has 2 atom stereocenters. The van der Waals surface area contributed by atoms with Crippen LogP contribution in [0.3, 0.4) is 0 Å².